The van der Waals surface area contributed by atoms with Crippen LogP contribution < -0.4 is 68.8 Å². The van der Waals surface area contributed by atoms with Crippen LogP contribution in [0.5, 0.6) is 11.5 Å². The highest BCUT2D eigenvalue weighted by Gasteiger charge is 2.50. The van der Waals surface area contributed by atoms with Gasteiger partial charge in [-0.1, -0.05) is 24.3 Å². The number of amides is 12. The number of benzene rings is 4. The first-order valence-corrected chi connectivity index (χ1v) is 35.0. The van der Waals surface area contributed by atoms with E-state index in [4.69, 9.17) is 20.9 Å². The molecule has 0 aliphatic carbocycles. The molecule has 106 heavy (non-hydrogen) atoms. The fourth-order valence-corrected chi connectivity index (χ4v) is 13.4. The highest BCUT2D eigenvalue weighted by molar-refractivity contribution is 6.01. The van der Waals surface area contributed by atoms with Gasteiger partial charge in [-0.2, -0.15) is 0 Å². The summed E-state index contributed by atoms with van der Waals surface area (Å²) in [4.78, 5) is 180. The molecule has 4 aliphatic heterocycles. The number of fused-ring (bicyclic) bond motifs is 32. The number of primary amides is 1. The molecule has 2 fully saturated rings. The number of carbonyl (C=O) groups excluding carboxylic acids is 12. The lowest BCUT2D eigenvalue weighted by atomic mass is 9.94. The predicted molar refractivity (Wildman–Crippen MR) is 379 cm³/mol. The van der Waals surface area contributed by atoms with E-state index < -0.39 is 187 Å². The third-order valence-corrected chi connectivity index (χ3v) is 19.2. The number of halogens is 3. The summed E-state index contributed by atoms with van der Waals surface area (Å²) in [7, 11) is 1.44. The van der Waals surface area contributed by atoms with Crippen LogP contribution in [-0.2, 0) is 83.2 Å². The fourth-order valence-electron chi connectivity index (χ4n) is 13.4. The highest BCUT2D eigenvalue weighted by Crippen LogP contribution is 2.32. The number of aliphatic hydroxyl groups is 1. The maximum absolute atomic E-state index is 16.2. The first kappa shape index (κ1) is 79.0. The van der Waals surface area contributed by atoms with Crippen molar-refractivity contribution in [1.82, 2.24) is 67.6 Å². The molecule has 30 nitrogen and oxygen atoms in total. The van der Waals surface area contributed by atoms with Crippen LogP contribution in [0.15, 0.2) is 97.3 Å². The summed E-state index contributed by atoms with van der Waals surface area (Å²) in [6.45, 7) is 4.22. The fraction of sp³-hybridized carbons (Fsp3) is 0.452. The molecular formula is C73H90F3N15O15. The van der Waals surface area contributed by atoms with E-state index in [1.807, 2.05) is 0 Å². The number of rotatable bonds is 14. The lowest BCUT2D eigenvalue weighted by Crippen LogP contribution is -2.64. The van der Waals surface area contributed by atoms with Gasteiger partial charge in [-0.15, -0.1) is 0 Å². The number of nitrogens with one attached hydrogen (secondary N) is 11. The molecule has 2 bridgehead atoms. The van der Waals surface area contributed by atoms with Crippen molar-refractivity contribution in [2.45, 2.75) is 171 Å². The maximum atomic E-state index is 16.2. The van der Waals surface area contributed by atoms with Gasteiger partial charge in [0.05, 0.1) is 32.7 Å². The summed E-state index contributed by atoms with van der Waals surface area (Å²) in [6, 6.07) is 5.80. The zero-order chi connectivity index (χ0) is 76.7. The Labute approximate surface area is 607 Å². The largest absolute Gasteiger partial charge is 0.497 e. The van der Waals surface area contributed by atoms with Crippen LogP contribution in [-0.4, -0.2) is 208 Å². The third-order valence-electron chi connectivity index (χ3n) is 19.2. The van der Waals surface area contributed by atoms with Crippen molar-refractivity contribution in [3.05, 3.63) is 131 Å². The van der Waals surface area contributed by atoms with Crippen molar-refractivity contribution in [3.63, 3.8) is 0 Å². The number of nitrogens with two attached hydrogens (primary N) is 2. The Morgan fingerprint density at radius 3 is 1.93 bits per heavy atom. The number of alkyl halides is 1. The lowest BCUT2D eigenvalue weighted by Gasteiger charge is -2.37. The molecule has 568 valence electrons. The van der Waals surface area contributed by atoms with E-state index in [1.165, 1.54) is 68.6 Å². The van der Waals surface area contributed by atoms with Gasteiger partial charge in [0, 0.05) is 79.8 Å². The van der Waals surface area contributed by atoms with Crippen LogP contribution >= 0.6 is 0 Å². The second kappa shape index (κ2) is 35.6. The normalized spacial score (nSPS) is 25.2. The van der Waals surface area contributed by atoms with Crippen molar-refractivity contribution in [2.24, 2.45) is 11.5 Å². The van der Waals surface area contributed by atoms with Crippen molar-refractivity contribution >= 4 is 92.7 Å². The van der Waals surface area contributed by atoms with Crippen LogP contribution in [0.3, 0.4) is 0 Å². The predicted octanol–water partition coefficient (Wildman–Crippen LogP) is 0.339. The lowest BCUT2D eigenvalue weighted by molar-refractivity contribution is -0.147. The number of nitrogens with zero attached hydrogens (tertiary/aromatic N) is 2. The molecule has 6 heterocycles. The first-order chi connectivity index (χ1) is 50.5. The van der Waals surface area contributed by atoms with E-state index in [-0.39, 0.29) is 86.7 Å². The first-order valence-electron chi connectivity index (χ1n) is 35.0. The molecule has 16 N–H and O–H groups in total. The van der Waals surface area contributed by atoms with Gasteiger partial charge >= 0.3 is 0 Å². The Balaban J connectivity index is 1.07. The van der Waals surface area contributed by atoms with E-state index in [9.17, 15) is 52.6 Å². The average Bonchev–Trinajstić information content (AvgIpc) is 1.60. The number of H-pyrrole nitrogens is 2. The van der Waals surface area contributed by atoms with Gasteiger partial charge in [0.25, 0.3) is 0 Å². The summed E-state index contributed by atoms with van der Waals surface area (Å²) >= 11 is 0. The molecule has 0 radical (unpaired) electrons. The summed E-state index contributed by atoms with van der Waals surface area (Å²) in [5, 5.41) is 35.2. The highest BCUT2D eigenvalue weighted by atomic mass is 19.1. The topological polar surface area (TPSA) is 442 Å². The van der Waals surface area contributed by atoms with Gasteiger partial charge in [0.2, 0.25) is 70.9 Å². The zero-order valence-electron chi connectivity index (χ0n) is 59.2. The SMILES string of the molecule is COc1ccc(C[C@@H]2NC(=O)[C@H]([C@@H](C)O)NC(=O)[C@@H]3C[C@H](F)CN3C(=O)[C@H](Cc3c[nH]c4ccc(F)cc34)NC(=O)[C@H](Cc3c[nH]c4ccc(F)cc34)NC(=O)[C@@H](C)NC(=O)[C@H](CCCCN)NC(=O)[C@@H](NC(C)=O)CC(=O)NCCOc3ccc(cc3)C[C@@H](C(N)=O)NC(=O)[C@]3(C)CCCN3C2=O)cc1. The van der Waals surface area contributed by atoms with Crippen LogP contribution in [0.2, 0.25) is 0 Å². The van der Waals surface area contributed by atoms with E-state index in [1.54, 1.807) is 48.5 Å². The van der Waals surface area contributed by atoms with E-state index in [0.29, 0.717) is 40.1 Å². The Kier molecular flexibility index (Phi) is 26.5. The Morgan fingerprint density at radius 1 is 0.717 bits per heavy atom. The number of hydrogen-bond acceptors (Lipinski definition) is 16. The number of aromatic amines is 2. The number of methoxy groups -OCH3 is 1. The Hall–Kier alpha value is -11.1. The van der Waals surface area contributed by atoms with E-state index >= 15 is 23.2 Å². The van der Waals surface area contributed by atoms with Gasteiger partial charge in [0.15, 0.2) is 0 Å². The minimum absolute atomic E-state index is 0.0138. The van der Waals surface area contributed by atoms with Crippen molar-refractivity contribution in [1.29, 1.82) is 0 Å². The number of aliphatic hydroxyl groups excluding tert-OH is 1. The molecule has 10 rings (SSSR count). The number of aromatic nitrogens is 2. The molecule has 0 saturated carbocycles. The van der Waals surface area contributed by atoms with Crippen LogP contribution in [0.25, 0.3) is 21.8 Å². The molecule has 12 amide bonds. The second-order valence-corrected chi connectivity index (χ2v) is 27.1. The van der Waals surface area contributed by atoms with Gasteiger partial charge < -0.3 is 93.7 Å². The molecule has 4 aliphatic rings. The van der Waals surface area contributed by atoms with E-state index in [0.717, 1.165) is 24.8 Å². The Morgan fingerprint density at radius 2 is 1.32 bits per heavy atom. The summed E-state index contributed by atoms with van der Waals surface area (Å²) < 4.78 is 57.4. The number of carbonyl (C=O) groups is 12. The zero-order valence-corrected chi connectivity index (χ0v) is 59.2. The minimum Gasteiger partial charge on any atom is -0.497 e. The average molecular weight is 1470 g/mol. The van der Waals surface area contributed by atoms with Crippen molar-refractivity contribution < 1.29 is 85.3 Å². The molecule has 4 aromatic carbocycles. The molecule has 33 heteroatoms. The van der Waals surface area contributed by atoms with Crippen LogP contribution in [0.4, 0.5) is 13.2 Å². The third kappa shape index (κ3) is 20.0. The molecule has 0 unspecified atom stereocenters. The van der Waals surface area contributed by atoms with Gasteiger partial charge in [-0.3, -0.25) is 57.5 Å². The van der Waals surface area contributed by atoms with Gasteiger partial charge in [0.1, 0.15) is 95.8 Å². The second-order valence-electron chi connectivity index (χ2n) is 27.1. The van der Waals surface area contributed by atoms with Crippen LogP contribution in [0, 0.1) is 11.6 Å². The molecule has 2 aromatic heterocycles. The van der Waals surface area contributed by atoms with Crippen molar-refractivity contribution in [2.75, 3.05) is 39.9 Å². The molecule has 12 atom stereocenters. The van der Waals surface area contributed by atoms with Gasteiger partial charge in [-0.25, -0.2) is 13.2 Å². The molecule has 2 saturated heterocycles. The summed E-state index contributed by atoms with van der Waals surface area (Å²) in [5.41, 5.74) is 12.3. The smallest absolute Gasteiger partial charge is 0.246 e. The van der Waals surface area contributed by atoms with Crippen LogP contribution in [0.1, 0.15) is 94.9 Å². The monoisotopic (exact) mass is 1470 g/mol. The summed E-state index contributed by atoms with van der Waals surface area (Å²) in [6.07, 6.45) is -2.40. The number of ether oxygens (including phenoxy) is 2. The Bertz CT molecular complexity index is 4230. The van der Waals surface area contributed by atoms with E-state index in [2.05, 4.69) is 57.8 Å². The summed E-state index contributed by atoms with van der Waals surface area (Å²) in [5.74, 6) is -11.8. The van der Waals surface area contributed by atoms with Gasteiger partial charge in [-0.05, 0) is 142 Å². The number of unbranched alkanes of at least 4 members (excludes halogenated alkanes) is 1. The maximum Gasteiger partial charge on any atom is 0.246 e. The number of hydrogen-bond donors (Lipinski definition) is 14. The minimum atomic E-state index is -1.92. The molecular weight excluding hydrogens is 1380 g/mol. The van der Waals surface area contributed by atoms with Crippen molar-refractivity contribution in [3.8, 4) is 11.5 Å². The molecule has 0 spiro atoms. The standard InChI is InChI=1S/C73H90F3N15O15/c1-38-64(96)85-56(29-43-35-80-52-20-14-45(74)31-50(43)52)66(98)86-59(30-44-36-81-53-21-15-46(75)32-51(44)53)70(102)90-37-47(76)33-60(90)68(100)89-62(39(2)92)69(101)87-58(28-42-10-16-48(105-5)17-11-42)71(103)91-25-8-22-73(91,4)72(104)88-55(63(78)95)27-41-12-18-49(19-13-41)106-26-24-79-61(94)34-57(83-40(3)93)67(99)84-54(65(97)82-38)9-6-7-23-77/h10-21,31-32,35-36,38-39,47,54-60,62,80-81,92H,6-9,22-30,33-34,37,77H2,1-5H3,(H2,78,95)(H,79,94)(H,82,97)(H,83,93)(H,84,99)(H,85,96)(H,86,98)(H,87,101)(H,88,104)(H,89,100)/t38-,39-,47+,54+,55+,56+,57+,58+,59+,60+,62+,73+/m1/s1. The molecule has 6 aromatic rings. The quantitative estimate of drug-likeness (QED) is 0.0516.